The molecule has 0 bridgehead atoms. The Bertz CT molecular complexity index is 397. The summed E-state index contributed by atoms with van der Waals surface area (Å²) in [6.45, 7) is 5.57. The lowest BCUT2D eigenvalue weighted by atomic mass is 10.1. The maximum Gasteiger partial charge on any atom is 0.123 e. The third-order valence-electron chi connectivity index (χ3n) is 2.95. The molecule has 0 amide bonds. The molecule has 1 rings (SSSR count). The van der Waals surface area contributed by atoms with Crippen LogP contribution in [0, 0.1) is 0 Å². The number of hydrogen-bond acceptors (Lipinski definition) is 5. The van der Waals surface area contributed by atoms with Gasteiger partial charge in [-0.1, -0.05) is 0 Å². The summed E-state index contributed by atoms with van der Waals surface area (Å²) in [7, 11) is 3.24. The Balaban J connectivity index is 2.63. The Morgan fingerprint density at radius 2 is 1.90 bits per heavy atom. The van der Waals surface area contributed by atoms with Gasteiger partial charge in [-0.05, 0) is 32.0 Å². The number of methoxy groups -OCH3 is 2. The van der Waals surface area contributed by atoms with E-state index in [1.165, 1.54) is 0 Å². The van der Waals surface area contributed by atoms with Crippen LogP contribution in [0.1, 0.15) is 25.5 Å². The zero-order valence-corrected chi connectivity index (χ0v) is 12.7. The highest BCUT2D eigenvalue weighted by Gasteiger charge is 2.15. The molecule has 114 valence electrons. The molecular formula is C15H25NO4. The fraction of sp³-hybridized carbons (Fsp3) is 0.600. The summed E-state index contributed by atoms with van der Waals surface area (Å²) in [5.74, 6) is 1.48. The van der Waals surface area contributed by atoms with Gasteiger partial charge in [-0.2, -0.15) is 0 Å². The van der Waals surface area contributed by atoms with E-state index in [2.05, 4.69) is 0 Å². The summed E-state index contributed by atoms with van der Waals surface area (Å²) in [6.07, 6.45) is 0.0117. The van der Waals surface area contributed by atoms with E-state index in [0.717, 1.165) is 17.1 Å². The van der Waals surface area contributed by atoms with Gasteiger partial charge in [0, 0.05) is 12.2 Å². The minimum absolute atomic E-state index is 0.0117. The number of ether oxygens (including phenoxy) is 4. The second kappa shape index (κ2) is 8.79. The standard InChI is InChI=1S/C15H25NO4/c1-5-19-9-11(2)20-10-14(16)13-8-12(17-3)6-7-15(13)18-4/h6-8,11,14H,5,9-10,16H2,1-4H3. The summed E-state index contributed by atoms with van der Waals surface area (Å²) in [5, 5.41) is 0. The zero-order chi connectivity index (χ0) is 15.0. The molecule has 1 aromatic carbocycles. The van der Waals surface area contributed by atoms with E-state index >= 15 is 0 Å². The Kier molecular flexibility index (Phi) is 7.36. The highest BCUT2D eigenvalue weighted by Crippen LogP contribution is 2.28. The average molecular weight is 283 g/mol. The molecule has 0 aliphatic carbocycles. The Morgan fingerprint density at radius 3 is 2.50 bits per heavy atom. The molecule has 0 aliphatic rings. The van der Waals surface area contributed by atoms with Crippen molar-refractivity contribution in [2.75, 3.05) is 34.0 Å². The van der Waals surface area contributed by atoms with Crippen LogP contribution in [0.5, 0.6) is 11.5 Å². The van der Waals surface area contributed by atoms with Gasteiger partial charge >= 0.3 is 0 Å². The number of benzene rings is 1. The van der Waals surface area contributed by atoms with Crippen molar-refractivity contribution in [2.45, 2.75) is 26.0 Å². The van der Waals surface area contributed by atoms with Crippen molar-refractivity contribution in [2.24, 2.45) is 5.73 Å². The fourth-order valence-corrected chi connectivity index (χ4v) is 1.82. The summed E-state index contributed by atoms with van der Waals surface area (Å²) in [6, 6.07) is 5.29. The van der Waals surface area contributed by atoms with E-state index in [1.54, 1.807) is 14.2 Å². The van der Waals surface area contributed by atoms with Crippen LogP contribution in [0.3, 0.4) is 0 Å². The number of hydrogen-bond donors (Lipinski definition) is 1. The van der Waals surface area contributed by atoms with Crippen LogP contribution in [0.2, 0.25) is 0 Å². The van der Waals surface area contributed by atoms with Crippen LogP contribution >= 0.6 is 0 Å². The third kappa shape index (κ3) is 5.00. The van der Waals surface area contributed by atoms with Gasteiger partial charge in [-0.15, -0.1) is 0 Å². The SMILES string of the molecule is CCOCC(C)OCC(N)c1cc(OC)ccc1OC. The molecule has 0 heterocycles. The summed E-state index contributed by atoms with van der Waals surface area (Å²) < 4.78 is 21.5. The van der Waals surface area contributed by atoms with Gasteiger partial charge in [0.2, 0.25) is 0 Å². The maximum atomic E-state index is 6.17. The van der Waals surface area contributed by atoms with Crippen LogP contribution in [0.15, 0.2) is 18.2 Å². The van der Waals surface area contributed by atoms with Crippen molar-refractivity contribution < 1.29 is 18.9 Å². The largest absolute Gasteiger partial charge is 0.497 e. The highest BCUT2D eigenvalue weighted by atomic mass is 16.5. The first-order valence-electron chi connectivity index (χ1n) is 6.79. The molecular weight excluding hydrogens is 258 g/mol. The minimum Gasteiger partial charge on any atom is -0.497 e. The van der Waals surface area contributed by atoms with E-state index in [4.69, 9.17) is 24.7 Å². The highest BCUT2D eigenvalue weighted by molar-refractivity contribution is 5.42. The van der Waals surface area contributed by atoms with Crippen molar-refractivity contribution >= 4 is 0 Å². The first-order valence-corrected chi connectivity index (χ1v) is 6.79. The average Bonchev–Trinajstić information content (AvgIpc) is 2.49. The minimum atomic E-state index is -0.274. The predicted octanol–water partition coefficient (Wildman–Crippen LogP) is 2.15. The Hall–Kier alpha value is -1.30. The normalized spacial score (nSPS) is 13.8. The van der Waals surface area contributed by atoms with Gasteiger partial charge in [0.25, 0.3) is 0 Å². The van der Waals surface area contributed by atoms with E-state index in [-0.39, 0.29) is 12.1 Å². The second-order valence-electron chi connectivity index (χ2n) is 4.52. The molecule has 5 heteroatoms. The molecule has 2 atom stereocenters. The first kappa shape index (κ1) is 16.8. The van der Waals surface area contributed by atoms with E-state index in [9.17, 15) is 0 Å². The lowest BCUT2D eigenvalue weighted by Crippen LogP contribution is -2.24. The Morgan fingerprint density at radius 1 is 1.15 bits per heavy atom. The van der Waals surface area contributed by atoms with Gasteiger partial charge in [0.05, 0.1) is 39.6 Å². The van der Waals surface area contributed by atoms with Crippen molar-refractivity contribution in [1.82, 2.24) is 0 Å². The van der Waals surface area contributed by atoms with Crippen LogP contribution in [-0.4, -0.2) is 40.1 Å². The lowest BCUT2D eigenvalue weighted by molar-refractivity contribution is -0.00851. The van der Waals surface area contributed by atoms with Gasteiger partial charge in [0.1, 0.15) is 11.5 Å². The molecule has 0 fully saturated rings. The molecule has 2 N–H and O–H groups in total. The molecule has 1 aromatic rings. The number of rotatable bonds is 9. The van der Waals surface area contributed by atoms with Crippen molar-refractivity contribution in [3.05, 3.63) is 23.8 Å². The van der Waals surface area contributed by atoms with Crippen LogP contribution in [0.4, 0.5) is 0 Å². The van der Waals surface area contributed by atoms with Crippen molar-refractivity contribution in [3.8, 4) is 11.5 Å². The maximum absolute atomic E-state index is 6.17. The van der Waals surface area contributed by atoms with Gasteiger partial charge in [0.15, 0.2) is 0 Å². The summed E-state index contributed by atoms with van der Waals surface area (Å²) in [5.41, 5.74) is 7.04. The van der Waals surface area contributed by atoms with Gasteiger partial charge in [-0.25, -0.2) is 0 Å². The van der Waals surface area contributed by atoms with E-state index in [0.29, 0.717) is 19.8 Å². The van der Waals surface area contributed by atoms with Crippen molar-refractivity contribution in [1.29, 1.82) is 0 Å². The molecule has 0 aliphatic heterocycles. The monoisotopic (exact) mass is 283 g/mol. The third-order valence-corrected chi connectivity index (χ3v) is 2.95. The van der Waals surface area contributed by atoms with Crippen LogP contribution in [0.25, 0.3) is 0 Å². The molecule has 0 aromatic heterocycles. The van der Waals surface area contributed by atoms with Gasteiger partial charge in [-0.3, -0.25) is 0 Å². The summed E-state index contributed by atoms with van der Waals surface area (Å²) >= 11 is 0. The summed E-state index contributed by atoms with van der Waals surface area (Å²) in [4.78, 5) is 0. The molecule has 0 spiro atoms. The predicted molar refractivity (Wildman–Crippen MR) is 78.4 cm³/mol. The first-order chi connectivity index (χ1) is 9.62. The topological polar surface area (TPSA) is 62.9 Å². The van der Waals surface area contributed by atoms with Crippen molar-refractivity contribution in [3.63, 3.8) is 0 Å². The quantitative estimate of drug-likeness (QED) is 0.752. The molecule has 2 unspecified atom stereocenters. The molecule has 20 heavy (non-hydrogen) atoms. The number of nitrogens with two attached hydrogens (primary N) is 1. The second-order valence-corrected chi connectivity index (χ2v) is 4.52. The van der Waals surface area contributed by atoms with E-state index in [1.807, 2.05) is 32.0 Å². The van der Waals surface area contributed by atoms with E-state index < -0.39 is 0 Å². The van der Waals surface area contributed by atoms with Gasteiger partial charge < -0.3 is 24.7 Å². The Labute approximate surface area is 121 Å². The van der Waals surface area contributed by atoms with Crippen LogP contribution < -0.4 is 15.2 Å². The van der Waals surface area contributed by atoms with Crippen LogP contribution in [-0.2, 0) is 9.47 Å². The lowest BCUT2D eigenvalue weighted by Gasteiger charge is -2.19. The molecule has 0 saturated heterocycles. The molecule has 0 radical (unpaired) electrons. The molecule has 0 saturated carbocycles. The molecule has 5 nitrogen and oxygen atoms in total. The fourth-order valence-electron chi connectivity index (χ4n) is 1.82. The smallest absolute Gasteiger partial charge is 0.123 e. The zero-order valence-electron chi connectivity index (χ0n) is 12.7.